The number of hydrogen-bond acceptors (Lipinski definition) is 3. The van der Waals surface area contributed by atoms with Crippen LogP contribution in [0.25, 0.3) is 21.5 Å². The zero-order valence-corrected chi connectivity index (χ0v) is 12.7. The van der Waals surface area contributed by atoms with Gasteiger partial charge in [-0.05, 0) is 22.8 Å². The van der Waals surface area contributed by atoms with E-state index in [4.69, 9.17) is 9.47 Å². The maximum absolute atomic E-state index is 12.0. The van der Waals surface area contributed by atoms with Crippen molar-refractivity contribution in [2.45, 2.75) is 13.8 Å². The van der Waals surface area contributed by atoms with Crippen molar-refractivity contribution < 1.29 is 14.3 Å². The van der Waals surface area contributed by atoms with Crippen LogP contribution in [0.1, 0.15) is 13.8 Å². The second kappa shape index (κ2) is 6.06. The maximum atomic E-state index is 12.0. The fourth-order valence-corrected chi connectivity index (χ4v) is 2.43. The van der Waals surface area contributed by atoms with Crippen molar-refractivity contribution in [3.05, 3.63) is 54.6 Å². The highest BCUT2D eigenvalue weighted by Crippen LogP contribution is 2.34. The molecule has 0 bridgehead atoms. The molecule has 3 aromatic carbocycles. The molecule has 3 aromatic rings. The Labute approximate surface area is 129 Å². The summed E-state index contributed by atoms with van der Waals surface area (Å²) in [5.41, 5.74) is 0. The van der Waals surface area contributed by atoms with Gasteiger partial charge in [0.2, 0.25) is 0 Å². The molecule has 0 fully saturated rings. The Morgan fingerprint density at radius 1 is 0.955 bits per heavy atom. The van der Waals surface area contributed by atoms with Crippen molar-refractivity contribution in [3.8, 4) is 5.75 Å². The molecule has 3 nitrogen and oxygen atoms in total. The molecular weight excluding hydrogens is 276 g/mol. The van der Waals surface area contributed by atoms with Crippen LogP contribution in [-0.4, -0.2) is 12.8 Å². The minimum atomic E-state index is -0.657. The first-order valence-corrected chi connectivity index (χ1v) is 7.40. The fourth-order valence-electron chi connectivity index (χ4n) is 2.43. The lowest BCUT2D eigenvalue weighted by atomic mass is 10.0. The monoisotopic (exact) mass is 294 g/mol. The number of carbonyl (C=O) groups is 1. The summed E-state index contributed by atoms with van der Waals surface area (Å²) in [6, 6.07) is 17.8. The van der Waals surface area contributed by atoms with Gasteiger partial charge in [-0.25, -0.2) is 4.79 Å². The molecule has 0 atom stereocenters. The number of rotatable bonds is 3. The molecule has 3 rings (SSSR count). The summed E-state index contributed by atoms with van der Waals surface area (Å²) in [5.74, 6) is 0.833. The topological polar surface area (TPSA) is 35.5 Å². The van der Waals surface area contributed by atoms with Gasteiger partial charge in [-0.15, -0.1) is 0 Å². The SMILES string of the molecule is CC(C)COC(=O)Oc1c2ccccc2cc2ccccc12. The predicted molar refractivity (Wildman–Crippen MR) is 88.3 cm³/mol. The summed E-state index contributed by atoms with van der Waals surface area (Å²) in [6.45, 7) is 4.32. The summed E-state index contributed by atoms with van der Waals surface area (Å²) in [5, 5.41) is 3.88. The molecule has 0 N–H and O–H groups in total. The lowest BCUT2D eigenvalue weighted by Crippen LogP contribution is -2.14. The summed E-state index contributed by atoms with van der Waals surface area (Å²) in [4.78, 5) is 12.0. The Morgan fingerprint density at radius 3 is 2.05 bits per heavy atom. The van der Waals surface area contributed by atoms with Crippen LogP contribution in [-0.2, 0) is 4.74 Å². The third kappa shape index (κ3) is 2.89. The van der Waals surface area contributed by atoms with Gasteiger partial charge in [0.25, 0.3) is 0 Å². The van der Waals surface area contributed by atoms with Crippen LogP contribution >= 0.6 is 0 Å². The van der Waals surface area contributed by atoms with Crippen LogP contribution in [0.4, 0.5) is 4.79 Å². The number of fused-ring (bicyclic) bond motifs is 2. The van der Waals surface area contributed by atoms with E-state index in [1.807, 2.05) is 62.4 Å². The lowest BCUT2D eigenvalue weighted by Gasteiger charge is -2.12. The van der Waals surface area contributed by atoms with Crippen molar-refractivity contribution >= 4 is 27.7 Å². The largest absolute Gasteiger partial charge is 0.513 e. The van der Waals surface area contributed by atoms with Gasteiger partial charge in [0.15, 0.2) is 0 Å². The van der Waals surface area contributed by atoms with E-state index < -0.39 is 6.16 Å². The van der Waals surface area contributed by atoms with Crippen LogP contribution in [0.5, 0.6) is 5.75 Å². The van der Waals surface area contributed by atoms with Crippen LogP contribution in [0, 0.1) is 5.92 Å². The molecule has 0 aliphatic rings. The van der Waals surface area contributed by atoms with E-state index in [1.165, 1.54) is 0 Å². The Hall–Kier alpha value is -2.55. The summed E-state index contributed by atoms with van der Waals surface area (Å²) < 4.78 is 10.7. The molecule has 0 heterocycles. The van der Waals surface area contributed by atoms with Gasteiger partial charge >= 0.3 is 6.16 Å². The van der Waals surface area contributed by atoms with Crippen molar-refractivity contribution in [3.63, 3.8) is 0 Å². The first-order chi connectivity index (χ1) is 10.6. The highest BCUT2D eigenvalue weighted by atomic mass is 16.7. The molecule has 112 valence electrons. The second-order valence-electron chi connectivity index (χ2n) is 5.70. The van der Waals surface area contributed by atoms with Gasteiger partial charge in [0.1, 0.15) is 5.75 Å². The first kappa shape index (κ1) is 14.4. The Balaban J connectivity index is 2.06. The van der Waals surface area contributed by atoms with Gasteiger partial charge in [-0.1, -0.05) is 62.4 Å². The smallest absolute Gasteiger partial charge is 0.434 e. The zero-order chi connectivity index (χ0) is 15.5. The number of carbonyl (C=O) groups excluding carboxylic acids is 1. The summed E-state index contributed by atoms with van der Waals surface area (Å²) in [7, 11) is 0. The van der Waals surface area contributed by atoms with E-state index in [0.717, 1.165) is 21.5 Å². The quantitative estimate of drug-likeness (QED) is 0.380. The van der Waals surface area contributed by atoms with Crippen LogP contribution in [0.2, 0.25) is 0 Å². The second-order valence-corrected chi connectivity index (χ2v) is 5.70. The van der Waals surface area contributed by atoms with Crippen molar-refractivity contribution in [1.82, 2.24) is 0 Å². The standard InChI is InChI=1S/C19H18O3/c1-13(2)12-21-19(20)22-18-16-9-5-3-7-14(16)11-15-8-4-6-10-17(15)18/h3-11,13H,12H2,1-2H3. The Kier molecular flexibility index (Phi) is 3.96. The molecule has 0 spiro atoms. The maximum Gasteiger partial charge on any atom is 0.513 e. The van der Waals surface area contributed by atoms with Gasteiger partial charge in [0.05, 0.1) is 6.61 Å². The number of benzene rings is 3. The third-order valence-corrected chi connectivity index (χ3v) is 3.44. The molecule has 0 amide bonds. The van der Waals surface area contributed by atoms with E-state index in [0.29, 0.717) is 12.4 Å². The minimum absolute atomic E-state index is 0.275. The van der Waals surface area contributed by atoms with E-state index in [2.05, 4.69) is 6.07 Å². The summed E-state index contributed by atoms with van der Waals surface area (Å²) >= 11 is 0. The van der Waals surface area contributed by atoms with E-state index >= 15 is 0 Å². The minimum Gasteiger partial charge on any atom is -0.434 e. The molecule has 0 radical (unpaired) electrons. The summed E-state index contributed by atoms with van der Waals surface area (Å²) in [6.07, 6.45) is -0.657. The number of hydrogen-bond donors (Lipinski definition) is 0. The van der Waals surface area contributed by atoms with Gasteiger partial charge < -0.3 is 9.47 Å². The van der Waals surface area contributed by atoms with Crippen LogP contribution in [0.3, 0.4) is 0 Å². The van der Waals surface area contributed by atoms with Crippen molar-refractivity contribution in [1.29, 1.82) is 0 Å². The van der Waals surface area contributed by atoms with Crippen LogP contribution < -0.4 is 4.74 Å². The third-order valence-electron chi connectivity index (χ3n) is 3.44. The zero-order valence-electron chi connectivity index (χ0n) is 12.7. The molecule has 0 aliphatic heterocycles. The van der Waals surface area contributed by atoms with Crippen molar-refractivity contribution in [2.75, 3.05) is 6.61 Å². The first-order valence-electron chi connectivity index (χ1n) is 7.40. The van der Waals surface area contributed by atoms with E-state index in [9.17, 15) is 4.79 Å². The molecule has 0 unspecified atom stereocenters. The molecule has 0 aliphatic carbocycles. The van der Waals surface area contributed by atoms with E-state index in [-0.39, 0.29) is 5.92 Å². The average Bonchev–Trinajstić information content (AvgIpc) is 2.52. The highest BCUT2D eigenvalue weighted by molar-refractivity contribution is 6.06. The van der Waals surface area contributed by atoms with Gasteiger partial charge in [-0.3, -0.25) is 0 Å². The highest BCUT2D eigenvalue weighted by Gasteiger charge is 2.14. The van der Waals surface area contributed by atoms with Gasteiger partial charge in [0, 0.05) is 10.8 Å². The molecule has 0 aromatic heterocycles. The molecule has 3 heteroatoms. The van der Waals surface area contributed by atoms with Crippen LogP contribution in [0.15, 0.2) is 54.6 Å². The number of ether oxygens (including phenoxy) is 2. The Bertz CT molecular complexity index is 767. The molecular formula is C19H18O3. The van der Waals surface area contributed by atoms with E-state index in [1.54, 1.807) is 0 Å². The fraction of sp³-hybridized carbons (Fsp3) is 0.211. The Morgan fingerprint density at radius 2 is 1.50 bits per heavy atom. The molecule has 0 saturated heterocycles. The molecule has 0 saturated carbocycles. The van der Waals surface area contributed by atoms with Crippen molar-refractivity contribution in [2.24, 2.45) is 5.92 Å². The average molecular weight is 294 g/mol. The van der Waals surface area contributed by atoms with Gasteiger partial charge in [-0.2, -0.15) is 0 Å². The normalized spacial score (nSPS) is 11.0. The molecule has 22 heavy (non-hydrogen) atoms. The lowest BCUT2D eigenvalue weighted by molar-refractivity contribution is 0.0895. The predicted octanol–water partition coefficient (Wildman–Crippen LogP) is 5.16.